The molecule has 2 spiro atoms. The van der Waals surface area contributed by atoms with E-state index in [0.29, 0.717) is 18.8 Å². The Labute approximate surface area is 149 Å². The molecule has 8 unspecified atom stereocenters. The van der Waals surface area contributed by atoms with E-state index in [9.17, 15) is 4.79 Å². The number of hydrogen-bond donors (Lipinski definition) is 0. The van der Waals surface area contributed by atoms with Crippen molar-refractivity contribution >= 4 is 5.97 Å². The molecule has 0 amide bonds. The van der Waals surface area contributed by atoms with Crippen LogP contribution in [0.3, 0.4) is 0 Å². The van der Waals surface area contributed by atoms with E-state index < -0.39 is 0 Å². The highest BCUT2D eigenvalue weighted by atomic mass is 16.7. The van der Waals surface area contributed by atoms with Crippen LogP contribution in [0.4, 0.5) is 0 Å². The van der Waals surface area contributed by atoms with Gasteiger partial charge in [0.25, 0.3) is 0 Å². The molecule has 8 atom stereocenters. The average molecular weight is 344 g/mol. The molecule has 5 aliphatic carbocycles. The lowest BCUT2D eigenvalue weighted by molar-refractivity contribution is -0.147. The Morgan fingerprint density at radius 2 is 2.08 bits per heavy atom. The summed E-state index contributed by atoms with van der Waals surface area (Å²) in [5, 5.41) is 0. The summed E-state index contributed by atoms with van der Waals surface area (Å²) in [6.07, 6.45) is 9.11. The van der Waals surface area contributed by atoms with Gasteiger partial charge in [0.15, 0.2) is 0 Å². The summed E-state index contributed by atoms with van der Waals surface area (Å²) in [7, 11) is 0. The van der Waals surface area contributed by atoms with E-state index in [1.54, 1.807) is 6.92 Å². The molecular weight excluding hydrogens is 316 g/mol. The third-order valence-electron chi connectivity index (χ3n) is 8.86. The van der Waals surface area contributed by atoms with Gasteiger partial charge >= 0.3 is 5.97 Å². The van der Waals surface area contributed by atoms with Crippen LogP contribution < -0.4 is 0 Å². The molecule has 0 radical (unpaired) electrons. The Morgan fingerprint density at radius 1 is 1.20 bits per heavy atom. The molecule has 25 heavy (non-hydrogen) atoms. The molecule has 4 heteroatoms. The lowest BCUT2D eigenvalue weighted by Gasteiger charge is -2.42. The summed E-state index contributed by atoms with van der Waals surface area (Å²) in [6.45, 7) is 6.11. The Kier molecular flexibility index (Phi) is 2.74. The first-order chi connectivity index (χ1) is 12.0. The molecule has 0 aromatic carbocycles. The van der Waals surface area contributed by atoms with Gasteiger partial charge in [0, 0.05) is 5.57 Å². The largest absolute Gasteiger partial charge is 0.460 e. The van der Waals surface area contributed by atoms with Crippen molar-refractivity contribution in [3.8, 4) is 0 Å². The van der Waals surface area contributed by atoms with Gasteiger partial charge in [-0.15, -0.1) is 0 Å². The molecule has 1 saturated heterocycles. The van der Waals surface area contributed by atoms with E-state index in [1.165, 1.54) is 38.5 Å². The maximum atomic E-state index is 11.6. The third-order valence-corrected chi connectivity index (χ3v) is 8.86. The van der Waals surface area contributed by atoms with Crippen LogP contribution in [-0.4, -0.2) is 36.0 Å². The summed E-state index contributed by atoms with van der Waals surface area (Å²) in [5.74, 6) is 3.87. The minimum absolute atomic E-state index is 0.0253. The van der Waals surface area contributed by atoms with E-state index in [1.807, 2.05) is 0 Å². The first-order valence-electron chi connectivity index (χ1n) is 10.2. The van der Waals surface area contributed by atoms with Crippen molar-refractivity contribution in [3.05, 3.63) is 12.2 Å². The molecule has 4 bridgehead atoms. The molecule has 5 saturated carbocycles. The Hall–Kier alpha value is -0.870. The average Bonchev–Trinajstić information content (AvgIpc) is 3.12. The second-order valence-corrected chi connectivity index (χ2v) is 9.58. The first-order valence-corrected chi connectivity index (χ1v) is 10.2. The Morgan fingerprint density at radius 3 is 2.92 bits per heavy atom. The summed E-state index contributed by atoms with van der Waals surface area (Å²) < 4.78 is 18.5. The predicted molar refractivity (Wildman–Crippen MR) is 90.8 cm³/mol. The molecule has 6 aliphatic rings. The van der Waals surface area contributed by atoms with Gasteiger partial charge < -0.3 is 14.2 Å². The third kappa shape index (κ3) is 1.49. The summed E-state index contributed by atoms with van der Waals surface area (Å²) >= 11 is 0. The van der Waals surface area contributed by atoms with Gasteiger partial charge in [-0.1, -0.05) is 13.0 Å². The molecule has 136 valence electrons. The van der Waals surface area contributed by atoms with Gasteiger partial charge in [-0.05, 0) is 75.0 Å². The van der Waals surface area contributed by atoms with Crippen molar-refractivity contribution in [3.63, 3.8) is 0 Å². The number of epoxide rings is 1. The molecule has 0 aromatic heterocycles. The van der Waals surface area contributed by atoms with E-state index in [-0.39, 0.29) is 22.8 Å². The molecule has 6 rings (SSSR count). The van der Waals surface area contributed by atoms with Crippen molar-refractivity contribution in [2.45, 2.75) is 68.7 Å². The lowest BCUT2D eigenvalue weighted by Crippen LogP contribution is -2.54. The quantitative estimate of drug-likeness (QED) is 0.332. The molecule has 0 aromatic rings. The SMILES string of the molecule is C=C(C)C(=O)OCCOC12CCC(C1)C1C3CC4(OC124)C1CCCC31. The van der Waals surface area contributed by atoms with Gasteiger partial charge in [0.05, 0.1) is 6.61 Å². The zero-order chi connectivity index (χ0) is 17.0. The highest BCUT2D eigenvalue weighted by Gasteiger charge is 2.96. The van der Waals surface area contributed by atoms with Crippen LogP contribution in [0.25, 0.3) is 0 Å². The van der Waals surface area contributed by atoms with E-state index in [2.05, 4.69) is 6.58 Å². The van der Waals surface area contributed by atoms with Gasteiger partial charge in [-0.2, -0.15) is 0 Å². The topological polar surface area (TPSA) is 48.1 Å². The van der Waals surface area contributed by atoms with Crippen LogP contribution in [0.1, 0.15) is 51.9 Å². The molecular formula is C21H28O4. The highest BCUT2D eigenvalue weighted by molar-refractivity contribution is 5.86. The number of rotatable bonds is 5. The minimum Gasteiger partial charge on any atom is -0.460 e. The number of ether oxygens (including phenoxy) is 3. The first kappa shape index (κ1) is 15.2. The van der Waals surface area contributed by atoms with Crippen LogP contribution >= 0.6 is 0 Å². The van der Waals surface area contributed by atoms with E-state index in [0.717, 1.165) is 36.0 Å². The van der Waals surface area contributed by atoms with Gasteiger partial charge in [-0.3, -0.25) is 0 Å². The second-order valence-electron chi connectivity index (χ2n) is 9.58. The standard InChI is InChI=1S/C21H28O4/c1-12(2)18(22)23-8-9-24-19-7-6-13(10-19)17-15-11-20(21(17,19)25-20)16-5-3-4-14(15)16/h13-17H,1,3-11H2,2H3. The lowest BCUT2D eigenvalue weighted by atomic mass is 9.63. The Bertz CT molecular complexity index is 673. The number of fused-ring (bicyclic) bond motifs is 7. The predicted octanol–water partition coefficient (Wildman–Crippen LogP) is 3.25. The zero-order valence-corrected chi connectivity index (χ0v) is 15.1. The van der Waals surface area contributed by atoms with E-state index in [4.69, 9.17) is 14.2 Å². The maximum absolute atomic E-state index is 11.6. The molecule has 1 aliphatic heterocycles. The number of esters is 1. The Balaban J connectivity index is 1.22. The smallest absolute Gasteiger partial charge is 0.333 e. The monoisotopic (exact) mass is 344 g/mol. The fraction of sp³-hybridized carbons (Fsp3) is 0.857. The van der Waals surface area contributed by atoms with Crippen molar-refractivity contribution in [1.29, 1.82) is 0 Å². The van der Waals surface area contributed by atoms with Crippen LogP contribution in [0.2, 0.25) is 0 Å². The van der Waals surface area contributed by atoms with Crippen LogP contribution in [0.5, 0.6) is 0 Å². The van der Waals surface area contributed by atoms with Crippen molar-refractivity contribution < 1.29 is 19.0 Å². The highest BCUT2D eigenvalue weighted by Crippen LogP contribution is 2.87. The van der Waals surface area contributed by atoms with Crippen LogP contribution in [0, 0.1) is 29.6 Å². The number of carbonyl (C=O) groups is 1. The molecule has 0 N–H and O–H groups in total. The fourth-order valence-corrected chi connectivity index (χ4v) is 8.47. The second kappa shape index (κ2) is 4.51. The summed E-state index contributed by atoms with van der Waals surface area (Å²) in [4.78, 5) is 11.6. The maximum Gasteiger partial charge on any atom is 0.333 e. The molecule has 6 fully saturated rings. The van der Waals surface area contributed by atoms with Gasteiger partial charge in [0.1, 0.15) is 23.4 Å². The minimum atomic E-state index is -0.319. The summed E-state index contributed by atoms with van der Waals surface area (Å²) in [6, 6.07) is 0. The fourth-order valence-electron chi connectivity index (χ4n) is 8.47. The van der Waals surface area contributed by atoms with Gasteiger partial charge in [-0.25, -0.2) is 4.79 Å². The van der Waals surface area contributed by atoms with Crippen molar-refractivity contribution in [1.82, 2.24) is 0 Å². The van der Waals surface area contributed by atoms with Crippen molar-refractivity contribution in [2.24, 2.45) is 29.6 Å². The van der Waals surface area contributed by atoms with Crippen molar-refractivity contribution in [2.75, 3.05) is 13.2 Å². The summed E-state index contributed by atoms with van der Waals surface area (Å²) in [5.41, 5.74) is 0.536. The van der Waals surface area contributed by atoms with Crippen LogP contribution in [0.15, 0.2) is 12.2 Å². The molecule has 1 heterocycles. The molecule has 4 nitrogen and oxygen atoms in total. The zero-order valence-electron chi connectivity index (χ0n) is 15.1. The van der Waals surface area contributed by atoms with Crippen LogP contribution in [-0.2, 0) is 19.0 Å². The van der Waals surface area contributed by atoms with Gasteiger partial charge in [0.2, 0.25) is 0 Å². The van der Waals surface area contributed by atoms with E-state index >= 15 is 0 Å². The number of hydrogen-bond acceptors (Lipinski definition) is 4. The number of carbonyl (C=O) groups excluding carboxylic acids is 1. The normalized spacial score (nSPS) is 55.8.